The number of hydrogen-bond donors (Lipinski definition) is 3. The van der Waals surface area contributed by atoms with Gasteiger partial charge < -0.3 is 20.6 Å². The van der Waals surface area contributed by atoms with Crippen molar-refractivity contribution in [1.82, 2.24) is 10.3 Å². The molecule has 134 valence electrons. The molecule has 2 heterocycles. The number of rotatable bonds is 5. The number of hydrogen-bond acceptors (Lipinski definition) is 5. The number of pyridine rings is 1. The zero-order chi connectivity index (χ0) is 18.5. The predicted molar refractivity (Wildman–Crippen MR) is 94.9 cm³/mol. The summed E-state index contributed by atoms with van der Waals surface area (Å²) in [5.74, 6) is -0.960. The Morgan fingerprint density at radius 2 is 1.96 bits per heavy atom. The fraction of sp³-hybridized carbons (Fsp3) is 0.222. The number of nitrogens with zero attached hydrogens (tertiary/aromatic N) is 2. The second-order valence-corrected chi connectivity index (χ2v) is 5.80. The fourth-order valence-corrected chi connectivity index (χ4v) is 2.65. The normalized spacial score (nSPS) is 13.5. The summed E-state index contributed by atoms with van der Waals surface area (Å²) in [7, 11) is 0. The molecular formula is C18H18N4O4. The summed E-state index contributed by atoms with van der Waals surface area (Å²) in [6.45, 7) is 0.423. The van der Waals surface area contributed by atoms with E-state index in [1.165, 1.54) is 18.3 Å². The highest BCUT2D eigenvalue weighted by Crippen LogP contribution is 2.21. The quantitative estimate of drug-likeness (QED) is 0.749. The van der Waals surface area contributed by atoms with Gasteiger partial charge in [0.15, 0.2) is 11.6 Å². The molecule has 26 heavy (non-hydrogen) atoms. The van der Waals surface area contributed by atoms with Crippen molar-refractivity contribution in [2.24, 2.45) is 0 Å². The largest absolute Gasteiger partial charge is 0.504 e. The maximum atomic E-state index is 12.1. The number of amides is 3. The zero-order valence-corrected chi connectivity index (χ0v) is 13.9. The molecule has 2 aromatic rings. The predicted octanol–water partition coefficient (Wildman–Crippen LogP) is 1.28. The van der Waals surface area contributed by atoms with Crippen molar-refractivity contribution >= 4 is 29.2 Å². The van der Waals surface area contributed by atoms with Crippen molar-refractivity contribution in [1.29, 1.82) is 0 Å². The van der Waals surface area contributed by atoms with Crippen LogP contribution < -0.4 is 15.5 Å². The highest BCUT2D eigenvalue weighted by molar-refractivity contribution is 6.00. The SMILES string of the molecule is O=C(CNC(=O)c1ccc(N2CCCC2=O)cc1)Nc1ncccc1O. The summed E-state index contributed by atoms with van der Waals surface area (Å²) in [6.07, 6.45) is 2.81. The Bertz CT molecular complexity index is 835. The first-order valence-corrected chi connectivity index (χ1v) is 8.17. The molecule has 1 aliphatic heterocycles. The number of anilines is 2. The lowest BCUT2D eigenvalue weighted by molar-refractivity contribution is -0.117. The van der Waals surface area contributed by atoms with Gasteiger partial charge in [-0.25, -0.2) is 4.98 Å². The molecule has 3 amide bonds. The van der Waals surface area contributed by atoms with Crippen molar-refractivity contribution in [3.05, 3.63) is 48.2 Å². The van der Waals surface area contributed by atoms with Crippen LogP contribution in [-0.2, 0) is 9.59 Å². The molecule has 0 aliphatic carbocycles. The first-order valence-electron chi connectivity index (χ1n) is 8.17. The Morgan fingerprint density at radius 1 is 1.19 bits per heavy atom. The minimum absolute atomic E-state index is 0.0337. The van der Waals surface area contributed by atoms with Gasteiger partial charge in [0.05, 0.1) is 6.54 Å². The van der Waals surface area contributed by atoms with Gasteiger partial charge in [-0.05, 0) is 42.8 Å². The summed E-state index contributed by atoms with van der Waals surface area (Å²) >= 11 is 0. The van der Waals surface area contributed by atoms with Crippen molar-refractivity contribution in [2.45, 2.75) is 12.8 Å². The van der Waals surface area contributed by atoms with Crippen LogP contribution in [0.3, 0.4) is 0 Å². The van der Waals surface area contributed by atoms with E-state index in [1.54, 1.807) is 29.2 Å². The van der Waals surface area contributed by atoms with Gasteiger partial charge in [-0.1, -0.05) is 0 Å². The van der Waals surface area contributed by atoms with E-state index in [4.69, 9.17) is 0 Å². The van der Waals surface area contributed by atoms with E-state index in [2.05, 4.69) is 15.6 Å². The third-order valence-corrected chi connectivity index (χ3v) is 3.97. The number of nitrogens with one attached hydrogen (secondary N) is 2. The van der Waals surface area contributed by atoms with Crippen LogP contribution in [0.2, 0.25) is 0 Å². The van der Waals surface area contributed by atoms with E-state index in [0.717, 1.165) is 12.1 Å². The maximum absolute atomic E-state index is 12.1. The van der Waals surface area contributed by atoms with Crippen LogP contribution in [0.1, 0.15) is 23.2 Å². The highest BCUT2D eigenvalue weighted by atomic mass is 16.3. The molecular weight excluding hydrogens is 336 g/mol. The second-order valence-electron chi connectivity index (χ2n) is 5.80. The Kier molecular flexibility index (Phi) is 5.12. The smallest absolute Gasteiger partial charge is 0.251 e. The zero-order valence-electron chi connectivity index (χ0n) is 13.9. The minimum atomic E-state index is -0.508. The van der Waals surface area contributed by atoms with Crippen LogP contribution in [0.25, 0.3) is 0 Å². The first kappa shape index (κ1) is 17.4. The molecule has 1 aromatic carbocycles. The number of benzene rings is 1. The van der Waals surface area contributed by atoms with Gasteiger partial charge in [0.25, 0.3) is 5.91 Å². The van der Waals surface area contributed by atoms with Crippen molar-refractivity contribution < 1.29 is 19.5 Å². The summed E-state index contributed by atoms with van der Waals surface area (Å²) in [5.41, 5.74) is 1.14. The van der Waals surface area contributed by atoms with Crippen molar-refractivity contribution in [2.75, 3.05) is 23.3 Å². The molecule has 0 saturated carbocycles. The third kappa shape index (κ3) is 3.97. The molecule has 1 aromatic heterocycles. The Labute approximate surface area is 149 Å². The molecule has 1 fully saturated rings. The van der Waals surface area contributed by atoms with Gasteiger partial charge in [0.2, 0.25) is 11.8 Å². The van der Waals surface area contributed by atoms with Crippen LogP contribution in [0.4, 0.5) is 11.5 Å². The van der Waals surface area contributed by atoms with Crippen LogP contribution in [0, 0.1) is 0 Å². The van der Waals surface area contributed by atoms with Gasteiger partial charge in [-0.2, -0.15) is 0 Å². The summed E-state index contributed by atoms with van der Waals surface area (Å²) < 4.78 is 0. The van der Waals surface area contributed by atoms with Crippen LogP contribution in [0.5, 0.6) is 5.75 Å². The van der Waals surface area contributed by atoms with Gasteiger partial charge >= 0.3 is 0 Å². The molecule has 0 unspecified atom stereocenters. The van der Waals surface area contributed by atoms with Crippen LogP contribution in [-0.4, -0.2) is 40.9 Å². The van der Waals surface area contributed by atoms with E-state index < -0.39 is 11.8 Å². The minimum Gasteiger partial charge on any atom is -0.504 e. The molecule has 1 aliphatic rings. The topological polar surface area (TPSA) is 112 Å². The van der Waals surface area contributed by atoms with E-state index in [-0.39, 0.29) is 24.0 Å². The first-order chi connectivity index (χ1) is 12.5. The number of carbonyl (C=O) groups excluding carboxylic acids is 3. The lowest BCUT2D eigenvalue weighted by Crippen LogP contribution is -2.33. The van der Waals surface area contributed by atoms with Crippen molar-refractivity contribution in [3.63, 3.8) is 0 Å². The van der Waals surface area contributed by atoms with Gasteiger partial charge in [-0.15, -0.1) is 0 Å². The average molecular weight is 354 g/mol. The fourth-order valence-electron chi connectivity index (χ4n) is 2.65. The van der Waals surface area contributed by atoms with E-state index in [0.29, 0.717) is 18.5 Å². The molecule has 1 saturated heterocycles. The summed E-state index contributed by atoms with van der Waals surface area (Å²) in [6, 6.07) is 9.58. The molecule has 0 radical (unpaired) electrons. The summed E-state index contributed by atoms with van der Waals surface area (Å²) in [4.78, 5) is 41.2. The Hall–Kier alpha value is -3.42. The lowest BCUT2D eigenvalue weighted by atomic mass is 10.2. The van der Waals surface area contributed by atoms with Gasteiger partial charge in [0, 0.05) is 30.4 Å². The molecule has 0 atom stereocenters. The van der Waals surface area contributed by atoms with Gasteiger partial charge in [0.1, 0.15) is 0 Å². The maximum Gasteiger partial charge on any atom is 0.251 e. The Balaban J connectivity index is 1.54. The van der Waals surface area contributed by atoms with E-state index in [9.17, 15) is 19.5 Å². The Morgan fingerprint density at radius 3 is 2.62 bits per heavy atom. The van der Waals surface area contributed by atoms with E-state index in [1.807, 2.05) is 0 Å². The van der Waals surface area contributed by atoms with Crippen LogP contribution >= 0.6 is 0 Å². The van der Waals surface area contributed by atoms with E-state index >= 15 is 0 Å². The lowest BCUT2D eigenvalue weighted by Gasteiger charge is -2.15. The molecule has 8 nitrogen and oxygen atoms in total. The molecule has 8 heteroatoms. The average Bonchev–Trinajstić information content (AvgIpc) is 3.08. The number of aromatic hydroxyl groups is 1. The second kappa shape index (κ2) is 7.64. The highest BCUT2D eigenvalue weighted by Gasteiger charge is 2.21. The third-order valence-electron chi connectivity index (χ3n) is 3.97. The monoisotopic (exact) mass is 354 g/mol. The molecule has 0 spiro atoms. The standard InChI is InChI=1S/C18H18N4O4/c23-14-3-1-9-19-17(14)21-15(24)11-20-18(26)12-5-7-13(8-6-12)22-10-2-4-16(22)25/h1,3,5-9,23H,2,4,10-11H2,(H,20,26)(H,19,21,24). The van der Waals surface area contributed by atoms with Gasteiger partial charge in [-0.3, -0.25) is 14.4 Å². The van der Waals surface area contributed by atoms with Crippen LogP contribution in [0.15, 0.2) is 42.6 Å². The molecule has 0 bridgehead atoms. The van der Waals surface area contributed by atoms with Crippen molar-refractivity contribution in [3.8, 4) is 5.75 Å². The molecule has 3 rings (SSSR count). The molecule has 3 N–H and O–H groups in total. The summed E-state index contributed by atoms with van der Waals surface area (Å²) in [5, 5.41) is 14.5. The number of carbonyl (C=O) groups is 3. The number of aromatic nitrogens is 1.